The highest BCUT2D eigenvalue weighted by atomic mass is 35.5. The Bertz CT molecular complexity index is 1070. The number of nitrogens with one attached hydrogen (secondary N) is 1. The van der Waals surface area contributed by atoms with E-state index in [0.29, 0.717) is 5.02 Å². The molecule has 27 heavy (non-hydrogen) atoms. The van der Waals surface area contributed by atoms with Crippen molar-refractivity contribution in [2.45, 2.75) is 10.9 Å². The van der Waals surface area contributed by atoms with Crippen LogP contribution in [0.15, 0.2) is 95.9 Å². The van der Waals surface area contributed by atoms with Gasteiger partial charge in [-0.15, -0.1) is 4.41 Å². The molecule has 4 nitrogen and oxygen atoms in total. The second-order valence-electron chi connectivity index (χ2n) is 6.17. The summed E-state index contributed by atoms with van der Waals surface area (Å²) in [7, 11) is -3.75. The van der Waals surface area contributed by atoms with E-state index in [-0.39, 0.29) is 4.90 Å². The second-order valence-corrected chi connectivity index (χ2v) is 8.42. The quantitative estimate of drug-likeness (QED) is 0.699. The van der Waals surface area contributed by atoms with Crippen LogP contribution in [0, 0.1) is 0 Å². The third-order valence-electron chi connectivity index (χ3n) is 4.40. The minimum Gasteiger partial charge on any atom is -0.304 e. The van der Waals surface area contributed by atoms with Crippen molar-refractivity contribution in [3.05, 3.63) is 107 Å². The van der Waals surface area contributed by atoms with E-state index in [9.17, 15) is 8.42 Å². The smallest absolute Gasteiger partial charge is 0.260 e. The number of nitrogens with zero attached hydrogens (tertiary/aromatic N) is 1. The molecule has 1 N–H and O–H groups in total. The first-order valence-corrected chi connectivity index (χ1v) is 10.3. The summed E-state index contributed by atoms with van der Waals surface area (Å²) in [6.45, 7) is 0. The van der Waals surface area contributed by atoms with Crippen LogP contribution in [0.25, 0.3) is 5.70 Å². The number of rotatable bonds is 4. The van der Waals surface area contributed by atoms with Crippen LogP contribution in [0.4, 0.5) is 0 Å². The van der Waals surface area contributed by atoms with Crippen LogP contribution in [0.3, 0.4) is 0 Å². The first-order valence-electron chi connectivity index (χ1n) is 8.44. The van der Waals surface area contributed by atoms with Crippen LogP contribution in [-0.2, 0) is 10.0 Å². The van der Waals surface area contributed by atoms with Crippen molar-refractivity contribution in [2.24, 2.45) is 0 Å². The largest absolute Gasteiger partial charge is 0.304 e. The van der Waals surface area contributed by atoms with Gasteiger partial charge in [-0.3, -0.25) is 0 Å². The minimum atomic E-state index is -3.75. The number of hydrazine groups is 1. The molecule has 0 spiro atoms. The number of halogens is 1. The minimum absolute atomic E-state index is 0.235. The first kappa shape index (κ1) is 17.8. The summed E-state index contributed by atoms with van der Waals surface area (Å²) in [6, 6.07) is 24.8. The van der Waals surface area contributed by atoms with Gasteiger partial charge in [0.1, 0.15) is 0 Å². The lowest BCUT2D eigenvalue weighted by Crippen LogP contribution is -2.39. The fourth-order valence-corrected chi connectivity index (χ4v) is 4.59. The van der Waals surface area contributed by atoms with Gasteiger partial charge < -0.3 is 5.43 Å². The van der Waals surface area contributed by atoms with Gasteiger partial charge in [0, 0.05) is 5.02 Å². The maximum atomic E-state index is 13.3. The highest BCUT2D eigenvalue weighted by Gasteiger charge is 2.36. The molecule has 0 saturated carbocycles. The molecule has 0 unspecified atom stereocenters. The Morgan fingerprint density at radius 1 is 0.815 bits per heavy atom. The molecule has 1 heterocycles. The van der Waals surface area contributed by atoms with E-state index >= 15 is 0 Å². The molecule has 0 aliphatic carbocycles. The topological polar surface area (TPSA) is 49.4 Å². The van der Waals surface area contributed by atoms with Gasteiger partial charge in [0.25, 0.3) is 10.0 Å². The zero-order chi connectivity index (χ0) is 18.9. The SMILES string of the molecule is O=S(=O)(c1ccccc1)N1NC(c2ccccc2)=C[C@@H]1c1ccc(Cl)cc1. The summed E-state index contributed by atoms with van der Waals surface area (Å²) < 4.78 is 27.8. The van der Waals surface area contributed by atoms with Crippen molar-refractivity contribution in [2.75, 3.05) is 0 Å². The summed E-state index contributed by atoms with van der Waals surface area (Å²) in [5.41, 5.74) is 5.58. The van der Waals surface area contributed by atoms with E-state index in [1.54, 1.807) is 42.5 Å². The summed E-state index contributed by atoms with van der Waals surface area (Å²) in [4.78, 5) is 0.235. The molecular weight excluding hydrogens is 380 g/mol. The summed E-state index contributed by atoms with van der Waals surface area (Å²) in [5.74, 6) is 0. The zero-order valence-corrected chi connectivity index (χ0v) is 15.9. The Morgan fingerprint density at radius 3 is 2.04 bits per heavy atom. The number of hydrogen-bond acceptors (Lipinski definition) is 3. The molecule has 0 amide bonds. The van der Waals surface area contributed by atoms with E-state index < -0.39 is 16.1 Å². The lowest BCUT2D eigenvalue weighted by atomic mass is 10.1. The highest BCUT2D eigenvalue weighted by molar-refractivity contribution is 7.89. The molecule has 3 aromatic rings. The van der Waals surface area contributed by atoms with E-state index in [2.05, 4.69) is 5.43 Å². The van der Waals surface area contributed by atoms with Crippen LogP contribution in [0.5, 0.6) is 0 Å². The van der Waals surface area contributed by atoms with Crippen molar-refractivity contribution in [3.8, 4) is 0 Å². The van der Waals surface area contributed by atoms with Crippen LogP contribution in [0.1, 0.15) is 17.2 Å². The predicted octanol–water partition coefficient (Wildman–Crippen LogP) is 4.63. The van der Waals surface area contributed by atoms with Gasteiger partial charge in [0.2, 0.25) is 0 Å². The predicted molar refractivity (Wildman–Crippen MR) is 107 cm³/mol. The van der Waals surface area contributed by atoms with Gasteiger partial charge in [0.05, 0.1) is 16.6 Å². The fraction of sp³-hybridized carbons (Fsp3) is 0.0476. The van der Waals surface area contributed by atoms with Crippen LogP contribution in [0.2, 0.25) is 5.02 Å². The third-order valence-corrected chi connectivity index (χ3v) is 6.36. The molecule has 0 bridgehead atoms. The molecule has 0 fully saturated rings. The van der Waals surface area contributed by atoms with Crippen molar-refractivity contribution >= 4 is 27.3 Å². The lowest BCUT2D eigenvalue weighted by molar-refractivity contribution is 0.348. The Hall–Kier alpha value is -2.60. The molecule has 1 aliphatic heterocycles. The lowest BCUT2D eigenvalue weighted by Gasteiger charge is -2.25. The van der Waals surface area contributed by atoms with Crippen molar-refractivity contribution in [1.82, 2.24) is 9.84 Å². The van der Waals surface area contributed by atoms with E-state index in [4.69, 9.17) is 11.6 Å². The Balaban J connectivity index is 1.79. The number of sulfonamides is 1. The van der Waals surface area contributed by atoms with Gasteiger partial charge in [-0.2, -0.15) is 0 Å². The molecule has 6 heteroatoms. The first-order chi connectivity index (χ1) is 13.1. The Labute approximate surface area is 163 Å². The molecule has 3 aromatic carbocycles. The normalized spacial score (nSPS) is 17.4. The van der Waals surface area contributed by atoms with Crippen LogP contribution >= 0.6 is 11.6 Å². The molecule has 1 atom stereocenters. The average Bonchev–Trinajstić information content (AvgIpc) is 3.16. The van der Waals surface area contributed by atoms with Crippen LogP contribution in [-0.4, -0.2) is 12.8 Å². The van der Waals surface area contributed by atoms with Crippen molar-refractivity contribution in [3.63, 3.8) is 0 Å². The highest BCUT2D eigenvalue weighted by Crippen LogP contribution is 2.35. The van der Waals surface area contributed by atoms with Crippen molar-refractivity contribution in [1.29, 1.82) is 0 Å². The second kappa shape index (κ2) is 7.19. The number of hydrogen-bond donors (Lipinski definition) is 1. The van der Waals surface area contributed by atoms with Crippen LogP contribution < -0.4 is 5.43 Å². The van der Waals surface area contributed by atoms with E-state index in [1.807, 2.05) is 48.5 Å². The Kier molecular flexibility index (Phi) is 4.74. The maximum Gasteiger partial charge on any atom is 0.260 e. The van der Waals surface area contributed by atoms with E-state index in [1.165, 1.54) is 4.41 Å². The van der Waals surface area contributed by atoms with Crippen molar-refractivity contribution < 1.29 is 8.42 Å². The van der Waals surface area contributed by atoms with Gasteiger partial charge >= 0.3 is 0 Å². The molecule has 0 aromatic heterocycles. The average molecular weight is 397 g/mol. The molecule has 136 valence electrons. The van der Waals surface area contributed by atoms with Gasteiger partial charge in [-0.05, 0) is 41.5 Å². The van der Waals surface area contributed by atoms with Gasteiger partial charge in [-0.1, -0.05) is 72.3 Å². The summed E-state index contributed by atoms with van der Waals surface area (Å²) in [5, 5.41) is 0.606. The molecule has 0 saturated heterocycles. The zero-order valence-electron chi connectivity index (χ0n) is 14.3. The van der Waals surface area contributed by atoms with E-state index in [0.717, 1.165) is 16.8 Å². The molecule has 4 rings (SSSR count). The molecular formula is C21H17ClN2O2S. The fourth-order valence-electron chi connectivity index (χ4n) is 3.04. The molecule has 0 radical (unpaired) electrons. The Morgan fingerprint density at radius 2 is 1.41 bits per heavy atom. The molecule has 1 aliphatic rings. The monoisotopic (exact) mass is 396 g/mol. The summed E-state index contributed by atoms with van der Waals surface area (Å²) in [6.07, 6.45) is 1.92. The maximum absolute atomic E-state index is 13.3. The number of benzene rings is 3. The van der Waals surface area contributed by atoms with Gasteiger partial charge in [0.15, 0.2) is 0 Å². The third kappa shape index (κ3) is 3.49. The van der Waals surface area contributed by atoms with Gasteiger partial charge in [-0.25, -0.2) is 8.42 Å². The standard InChI is InChI=1S/C21H17ClN2O2S/c22-18-13-11-17(12-14-18)21-15-20(16-7-3-1-4-8-16)23-24(21)27(25,26)19-9-5-2-6-10-19/h1-15,21,23H/t21-/m1/s1. The summed E-state index contributed by atoms with van der Waals surface area (Å²) >= 11 is 6.00.